The minimum Gasteiger partial charge on any atom is -0.308 e. The largest absolute Gasteiger partial charge is 0.308 e. The summed E-state index contributed by atoms with van der Waals surface area (Å²) in [7, 11) is 0. The van der Waals surface area contributed by atoms with Crippen molar-refractivity contribution in [2.24, 2.45) is 5.92 Å². The van der Waals surface area contributed by atoms with Crippen LogP contribution in [0.2, 0.25) is 5.15 Å². The molecule has 0 aliphatic carbocycles. The first-order valence-electron chi connectivity index (χ1n) is 5.11. The number of nitrogens with zero attached hydrogens (tertiary/aromatic N) is 2. The summed E-state index contributed by atoms with van der Waals surface area (Å²) < 4.78 is 0. The third kappa shape index (κ3) is 2.92. The van der Waals surface area contributed by atoms with Crippen LogP contribution in [0.25, 0.3) is 0 Å². The van der Waals surface area contributed by atoms with Crippen LogP contribution < -0.4 is 4.90 Å². The molecule has 0 radical (unpaired) electrons. The van der Waals surface area contributed by atoms with Crippen LogP contribution in [-0.4, -0.2) is 34.7 Å². The summed E-state index contributed by atoms with van der Waals surface area (Å²) in [6.07, 6.45) is 3.57. The van der Waals surface area contributed by atoms with E-state index in [1.54, 1.807) is 22.9 Å². The smallest absolute Gasteiger partial charge is 0.230 e. The number of rotatable bonds is 5. The number of carbonyl (C=O) groups excluding carboxylic acids is 1. The molecule has 1 heterocycles. The molecule has 1 aromatic rings. The number of hydrogen-bond acceptors (Lipinski definition) is 3. The average Bonchev–Trinajstić information content (AvgIpc) is 2.66. The van der Waals surface area contributed by atoms with E-state index in [4.69, 9.17) is 11.6 Å². The standard InChI is InChI=1S/C10H16ClN3OS/c1-4-14(8-5-12-13-9(8)11)10(15)7(2)6-16-3/h5,7H,4,6H2,1-3H3,(H,12,13). The monoisotopic (exact) mass is 261 g/mol. The van der Waals surface area contributed by atoms with Gasteiger partial charge in [-0.25, -0.2) is 0 Å². The fraction of sp³-hybridized carbons (Fsp3) is 0.600. The highest BCUT2D eigenvalue weighted by Crippen LogP contribution is 2.24. The highest BCUT2D eigenvalue weighted by molar-refractivity contribution is 7.98. The molecule has 1 amide bonds. The Morgan fingerprint density at radius 2 is 2.44 bits per heavy atom. The molecule has 0 aliphatic rings. The van der Waals surface area contributed by atoms with Crippen molar-refractivity contribution in [1.29, 1.82) is 0 Å². The lowest BCUT2D eigenvalue weighted by atomic mass is 10.2. The predicted molar refractivity (Wildman–Crippen MR) is 69.2 cm³/mol. The van der Waals surface area contributed by atoms with Gasteiger partial charge in [0.15, 0.2) is 0 Å². The number of anilines is 1. The second-order valence-corrected chi connectivity index (χ2v) is 4.80. The number of hydrogen-bond donors (Lipinski definition) is 1. The Bertz CT molecular complexity index is 356. The second-order valence-electron chi connectivity index (χ2n) is 3.51. The van der Waals surface area contributed by atoms with Gasteiger partial charge in [0.2, 0.25) is 5.91 Å². The Kier molecular flexibility index (Phi) is 5.15. The van der Waals surface area contributed by atoms with Gasteiger partial charge >= 0.3 is 0 Å². The van der Waals surface area contributed by atoms with Gasteiger partial charge in [-0.3, -0.25) is 9.89 Å². The van der Waals surface area contributed by atoms with E-state index in [0.29, 0.717) is 17.4 Å². The van der Waals surface area contributed by atoms with Crippen molar-refractivity contribution in [1.82, 2.24) is 10.2 Å². The van der Waals surface area contributed by atoms with Crippen LogP contribution in [0.5, 0.6) is 0 Å². The van der Waals surface area contributed by atoms with E-state index in [0.717, 1.165) is 5.75 Å². The van der Waals surface area contributed by atoms with Crippen molar-refractivity contribution < 1.29 is 4.79 Å². The first-order chi connectivity index (χ1) is 7.61. The van der Waals surface area contributed by atoms with Gasteiger partial charge in [0, 0.05) is 18.2 Å². The molecule has 90 valence electrons. The molecule has 1 rings (SSSR count). The van der Waals surface area contributed by atoms with Crippen molar-refractivity contribution in [3.05, 3.63) is 11.3 Å². The number of nitrogens with one attached hydrogen (secondary N) is 1. The molecular weight excluding hydrogens is 246 g/mol. The summed E-state index contributed by atoms with van der Waals surface area (Å²) >= 11 is 7.59. The lowest BCUT2D eigenvalue weighted by Crippen LogP contribution is -2.35. The Morgan fingerprint density at radius 3 is 2.88 bits per heavy atom. The van der Waals surface area contributed by atoms with E-state index in [9.17, 15) is 4.79 Å². The third-order valence-corrected chi connectivity index (χ3v) is 3.40. The Hall–Kier alpha value is -0.680. The normalized spacial score (nSPS) is 12.5. The van der Waals surface area contributed by atoms with Gasteiger partial charge in [0.05, 0.1) is 6.20 Å². The van der Waals surface area contributed by atoms with Crippen molar-refractivity contribution in [2.75, 3.05) is 23.5 Å². The van der Waals surface area contributed by atoms with Gasteiger partial charge in [-0.05, 0) is 13.2 Å². The van der Waals surface area contributed by atoms with Crippen molar-refractivity contribution in [3.8, 4) is 0 Å². The Morgan fingerprint density at radius 1 is 1.75 bits per heavy atom. The number of aromatic nitrogens is 2. The maximum atomic E-state index is 12.1. The van der Waals surface area contributed by atoms with Gasteiger partial charge in [-0.1, -0.05) is 18.5 Å². The number of aromatic amines is 1. The Balaban J connectivity index is 2.83. The molecule has 6 heteroatoms. The molecule has 4 nitrogen and oxygen atoms in total. The quantitative estimate of drug-likeness (QED) is 0.886. The van der Waals surface area contributed by atoms with Gasteiger partial charge in [0.25, 0.3) is 0 Å². The van der Waals surface area contributed by atoms with Crippen LogP contribution in [0.1, 0.15) is 13.8 Å². The van der Waals surface area contributed by atoms with Crippen molar-refractivity contribution in [3.63, 3.8) is 0 Å². The van der Waals surface area contributed by atoms with Crippen LogP contribution in [0.3, 0.4) is 0 Å². The molecule has 0 saturated carbocycles. The van der Waals surface area contributed by atoms with E-state index in [2.05, 4.69) is 10.2 Å². The van der Waals surface area contributed by atoms with Crippen molar-refractivity contribution in [2.45, 2.75) is 13.8 Å². The van der Waals surface area contributed by atoms with E-state index >= 15 is 0 Å². The minimum absolute atomic E-state index is 0.0130. The molecule has 0 fully saturated rings. The highest BCUT2D eigenvalue weighted by Gasteiger charge is 2.22. The zero-order valence-electron chi connectivity index (χ0n) is 9.66. The number of halogens is 1. The van der Waals surface area contributed by atoms with Crippen LogP contribution in [-0.2, 0) is 4.79 Å². The number of thioether (sulfide) groups is 1. The molecule has 1 N–H and O–H groups in total. The summed E-state index contributed by atoms with van der Waals surface area (Å²) in [5.74, 6) is 0.881. The summed E-state index contributed by atoms with van der Waals surface area (Å²) in [5, 5.41) is 6.86. The molecule has 0 spiro atoms. The fourth-order valence-electron chi connectivity index (χ4n) is 1.48. The molecule has 0 bridgehead atoms. The van der Waals surface area contributed by atoms with Gasteiger partial charge in [0.1, 0.15) is 10.8 Å². The van der Waals surface area contributed by atoms with Crippen LogP contribution in [0.15, 0.2) is 6.20 Å². The minimum atomic E-state index is -0.0130. The third-order valence-electron chi connectivity index (χ3n) is 2.29. The Labute approximate surface area is 105 Å². The molecule has 1 aromatic heterocycles. The van der Waals surface area contributed by atoms with Crippen LogP contribution in [0, 0.1) is 5.92 Å². The molecule has 0 aliphatic heterocycles. The van der Waals surface area contributed by atoms with E-state index in [-0.39, 0.29) is 11.8 Å². The maximum Gasteiger partial charge on any atom is 0.230 e. The molecule has 0 saturated heterocycles. The van der Waals surface area contributed by atoms with E-state index in [1.807, 2.05) is 20.1 Å². The first-order valence-corrected chi connectivity index (χ1v) is 6.88. The SMILES string of the molecule is CCN(C(=O)C(C)CSC)c1cn[nH]c1Cl. The van der Waals surface area contributed by atoms with Crippen LogP contribution >= 0.6 is 23.4 Å². The second kappa shape index (κ2) is 6.15. The molecule has 1 atom stereocenters. The molecule has 0 aromatic carbocycles. The van der Waals surface area contributed by atoms with Crippen LogP contribution in [0.4, 0.5) is 5.69 Å². The highest BCUT2D eigenvalue weighted by atomic mass is 35.5. The lowest BCUT2D eigenvalue weighted by Gasteiger charge is -2.22. The summed E-state index contributed by atoms with van der Waals surface area (Å²) in [5.41, 5.74) is 0.655. The maximum absolute atomic E-state index is 12.1. The zero-order chi connectivity index (χ0) is 12.1. The fourth-order valence-corrected chi connectivity index (χ4v) is 2.33. The topological polar surface area (TPSA) is 49.0 Å². The van der Waals surface area contributed by atoms with Crippen molar-refractivity contribution >= 4 is 35.0 Å². The number of amides is 1. The first kappa shape index (κ1) is 13.4. The van der Waals surface area contributed by atoms with Gasteiger partial charge < -0.3 is 4.90 Å². The average molecular weight is 262 g/mol. The molecule has 1 unspecified atom stereocenters. The van der Waals surface area contributed by atoms with Gasteiger partial charge in [-0.2, -0.15) is 16.9 Å². The van der Waals surface area contributed by atoms with E-state index in [1.165, 1.54) is 0 Å². The molecular formula is C10H16ClN3OS. The van der Waals surface area contributed by atoms with Gasteiger partial charge in [-0.15, -0.1) is 0 Å². The summed E-state index contributed by atoms with van der Waals surface area (Å²) in [6, 6.07) is 0. The predicted octanol–water partition coefficient (Wildman–Crippen LogP) is 2.42. The molecule has 16 heavy (non-hydrogen) atoms. The number of H-pyrrole nitrogens is 1. The zero-order valence-corrected chi connectivity index (χ0v) is 11.2. The lowest BCUT2D eigenvalue weighted by molar-refractivity contribution is -0.121. The summed E-state index contributed by atoms with van der Waals surface area (Å²) in [6.45, 7) is 4.44. The van der Waals surface area contributed by atoms with E-state index < -0.39 is 0 Å². The number of carbonyl (C=O) groups is 1. The summed E-state index contributed by atoms with van der Waals surface area (Å²) in [4.78, 5) is 13.8.